The van der Waals surface area contributed by atoms with E-state index in [0.717, 1.165) is 37.5 Å². The van der Waals surface area contributed by atoms with Gasteiger partial charge in [-0.1, -0.05) is 24.3 Å². The second-order valence-corrected chi connectivity index (χ2v) is 7.68. The number of rotatable bonds is 2. The molecule has 2 unspecified atom stereocenters. The van der Waals surface area contributed by atoms with Gasteiger partial charge in [0.05, 0.1) is 6.04 Å². The molecule has 2 aliphatic rings. The highest BCUT2D eigenvalue weighted by atomic mass is 16.6. The summed E-state index contributed by atoms with van der Waals surface area (Å²) in [4.78, 5) is 25.5. The van der Waals surface area contributed by atoms with Gasteiger partial charge in [0.1, 0.15) is 11.9 Å². The average molecular weight is 327 g/mol. The number of amides is 1. The van der Waals surface area contributed by atoms with Crippen LogP contribution in [0.2, 0.25) is 0 Å². The van der Waals surface area contributed by atoms with Crippen molar-refractivity contribution in [3.63, 3.8) is 0 Å². The third kappa shape index (κ3) is 3.53. The van der Waals surface area contributed by atoms with Gasteiger partial charge in [-0.3, -0.25) is 9.69 Å². The fourth-order valence-corrected chi connectivity index (χ4v) is 3.65. The summed E-state index contributed by atoms with van der Waals surface area (Å²) in [6.07, 6.45) is 6.76. The number of benzene rings is 1. The lowest BCUT2D eigenvalue weighted by molar-refractivity contribution is 0.0000806. The van der Waals surface area contributed by atoms with Crippen LogP contribution in [0.25, 0.3) is 5.57 Å². The Hall–Kier alpha value is -2.10. The lowest BCUT2D eigenvalue weighted by Crippen LogP contribution is -2.53. The van der Waals surface area contributed by atoms with Crippen LogP contribution >= 0.6 is 0 Å². The summed E-state index contributed by atoms with van der Waals surface area (Å²) in [6.45, 7) is 5.70. The Morgan fingerprint density at radius 2 is 2.08 bits per heavy atom. The molecule has 2 bridgehead atoms. The number of nitrogens with zero attached hydrogens (tertiary/aromatic N) is 1. The van der Waals surface area contributed by atoms with Gasteiger partial charge in [0, 0.05) is 11.6 Å². The van der Waals surface area contributed by atoms with Crippen LogP contribution in [0.4, 0.5) is 4.79 Å². The van der Waals surface area contributed by atoms with Gasteiger partial charge in [0.2, 0.25) is 0 Å². The molecule has 24 heavy (non-hydrogen) atoms. The fraction of sp³-hybridized carbons (Fsp3) is 0.500. The number of ether oxygens (including phenoxy) is 1. The molecule has 1 amide bonds. The van der Waals surface area contributed by atoms with Gasteiger partial charge < -0.3 is 4.74 Å². The minimum absolute atomic E-state index is 0.0854. The molecule has 4 nitrogen and oxygen atoms in total. The molecule has 1 aromatic carbocycles. The van der Waals surface area contributed by atoms with Crippen molar-refractivity contribution in [1.82, 2.24) is 4.90 Å². The molecule has 2 heterocycles. The third-order valence-corrected chi connectivity index (χ3v) is 4.63. The van der Waals surface area contributed by atoms with Crippen LogP contribution in [-0.4, -0.2) is 35.0 Å². The van der Waals surface area contributed by atoms with Gasteiger partial charge in [-0.05, 0) is 63.7 Å². The maximum Gasteiger partial charge on any atom is 0.411 e. The number of fused-ring (bicyclic) bond motifs is 2. The Morgan fingerprint density at radius 3 is 2.75 bits per heavy atom. The first-order chi connectivity index (χ1) is 11.4. The SMILES string of the molecule is CC(C)(C)OC(=O)N1C2C=C(c3cccc(C=O)c3)CC1CCC2. The molecule has 2 atom stereocenters. The molecule has 128 valence electrons. The number of piperidine rings is 1. The molecule has 2 aliphatic heterocycles. The van der Waals surface area contributed by atoms with Gasteiger partial charge in [-0.25, -0.2) is 4.79 Å². The van der Waals surface area contributed by atoms with Crippen molar-refractivity contribution in [2.45, 2.75) is 64.1 Å². The highest BCUT2D eigenvalue weighted by Gasteiger charge is 2.39. The Kier molecular flexibility index (Phi) is 4.48. The lowest BCUT2D eigenvalue weighted by atomic mass is 9.83. The fourth-order valence-electron chi connectivity index (χ4n) is 3.65. The van der Waals surface area contributed by atoms with E-state index in [4.69, 9.17) is 4.74 Å². The highest BCUT2D eigenvalue weighted by molar-refractivity contribution is 5.79. The molecular weight excluding hydrogens is 302 g/mol. The summed E-state index contributed by atoms with van der Waals surface area (Å²) in [5.74, 6) is 0. The van der Waals surface area contributed by atoms with Crippen molar-refractivity contribution in [2.24, 2.45) is 0 Å². The first kappa shape index (κ1) is 16.7. The average Bonchev–Trinajstić information content (AvgIpc) is 2.52. The van der Waals surface area contributed by atoms with E-state index in [9.17, 15) is 9.59 Å². The second-order valence-electron chi connectivity index (χ2n) is 7.68. The quantitative estimate of drug-likeness (QED) is 0.754. The van der Waals surface area contributed by atoms with E-state index in [1.807, 2.05) is 49.9 Å². The van der Waals surface area contributed by atoms with E-state index in [1.165, 1.54) is 5.57 Å². The summed E-state index contributed by atoms with van der Waals surface area (Å²) in [5.41, 5.74) is 2.52. The maximum absolute atomic E-state index is 12.6. The molecule has 0 spiro atoms. The Labute approximate surface area is 143 Å². The third-order valence-electron chi connectivity index (χ3n) is 4.63. The van der Waals surface area contributed by atoms with E-state index in [0.29, 0.717) is 5.56 Å². The molecule has 0 aliphatic carbocycles. The molecule has 1 fully saturated rings. The van der Waals surface area contributed by atoms with E-state index >= 15 is 0 Å². The Bertz CT molecular complexity index is 672. The molecule has 1 aromatic rings. The van der Waals surface area contributed by atoms with Gasteiger partial charge in [0.15, 0.2) is 0 Å². The zero-order chi connectivity index (χ0) is 17.3. The lowest BCUT2D eigenvalue weighted by Gasteiger charge is -2.45. The van der Waals surface area contributed by atoms with Crippen LogP contribution in [0.15, 0.2) is 30.3 Å². The summed E-state index contributed by atoms with van der Waals surface area (Å²) in [7, 11) is 0. The molecule has 0 radical (unpaired) electrons. The molecule has 0 N–H and O–H groups in total. The molecule has 4 heteroatoms. The first-order valence-corrected chi connectivity index (χ1v) is 8.65. The van der Waals surface area contributed by atoms with Crippen LogP contribution in [-0.2, 0) is 4.74 Å². The standard InChI is InChI=1S/C20H25NO3/c1-20(2,3)24-19(23)21-17-8-5-9-18(21)12-16(11-17)15-7-4-6-14(10-15)13-22/h4,6-7,10-11,13,17-18H,5,8-9,12H2,1-3H3. The first-order valence-electron chi connectivity index (χ1n) is 8.65. The van der Waals surface area contributed by atoms with E-state index in [1.54, 1.807) is 0 Å². The minimum atomic E-state index is -0.479. The van der Waals surface area contributed by atoms with Crippen molar-refractivity contribution in [1.29, 1.82) is 0 Å². The minimum Gasteiger partial charge on any atom is -0.444 e. The predicted octanol–water partition coefficient (Wildman–Crippen LogP) is 4.44. The smallest absolute Gasteiger partial charge is 0.411 e. The van der Waals surface area contributed by atoms with Gasteiger partial charge in [0.25, 0.3) is 0 Å². The Balaban J connectivity index is 1.87. The molecule has 0 saturated carbocycles. The monoisotopic (exact) mass is 327 g/mol. The largest absolute Gasteiger partial charge is 0.444 e. The van der Waals surface area contributed by atoms with Crippen LogP contribution in [0.5, 0.6) is 0 Å². The molecular formula is C20H25NO3. The van der Waals surface area contributed by atoms with Gasteiger partial charge >= 0.3 is 6.09 Å². The highest BCUT2D eigenvalue weighted by Crippen LogP contribution is 2.38. The molecule has 1 saturated heterocycles. The van der Waals surface area contributed by atoms with Crippen molar-refractivity contribution in [2.75, 3.05) is 0 Å². The Morgan fingerprint density at radius 1 is 1.29 bits per heavy atom. The number of carbonyl (C=O) groups is 2. The summed E-state index contributed by atoms with van der Waals surface area (Å²) >= 11 is 0. The number of aldehydes is 1. The van der Waals surface area contributed by atoms with Gasteiger partial charge in [-0.2, -0.15) is 0 Å². The number of hydrogen-bond donors (Lipinski definition) is 0. The van der Waals surface area contributed by atoms with Crippen LogP contribution < -0.4 is 0 Å². The molecule has 0 aromatic heterocycles. The van der Waals surface area contributed by atoms with Crippen LogP contribution in [0.3, 0.4) is 0 Å². The topological polar surface area (TPSA) is 46.6 Å². The zero-order valence-electron chi connectivity index (χ0n) is 14.6. The van der Waals surface area contributed by atoms with E-state index < -0.39 is 5.60 Å². The van der Waals surface area contributed by atoms with Crippen molar-refractivity contribution in [3.8, 4) is 0 Å². The van der Waals surface area contributed by atoms with Crippen LogP contribution in [0, 0.1) is 0 Å². The second kappa shape index (κ2) is 6.42. The summed E-state index contributed by atoms with van der Waals surface area (Å²) < 4.78 is 5.60. The zero-order valence-corrected chi connectivity index (χ0v) is 14.6. The van der Waals surface area contributed by atoms with Gasteiger partial charge in [-0.15, -0.1) is 0 Å². The number of carbonyl (C=O) groups excluding carboxylic acids is 2. The number of hydrogen-bond acceptors (Lipinski definition) is 3. The van der Waals surface area contributed by atoms with E-state index in [-0.39, 0.29) is 18.2 Å². The summed E-state index contributed by atoms with van der Waals surface area (Å²) in [6, 6.07) is 7.96. The van der Waals surface area contributed by atoms with Crippen molar-refractivity contribution < 1.29 is 14.3 Å². The molecule has 3 rings (SSSR count). The van der Waals surface area contributed by atoms with Crippen molar-refractivity contribution in [3.05, 3.63) is 41.5 Å². The predicted molar refractivity (Wildman–Crippen MR) is 93.9 cm³/mol. The normalized spacial score (nSPS) is 23.5. The van der Waals surface area contributed by atoms with E-state index in [2.05, 4.69) is 6.08 Å². The summed E-state index contributed by atoms with van der Waals surface area (Å²) in [5, 5.41) is 0. The maximum atomic E-state index is 12.6. The van der Waals surface area contributed by atoms with Crippen molar-refractivity contribution >= 4 is 18.0 Å². The van der Waals surface area contributed by atoms with Crippen LogP contribution in [0.1, 0.15) is 62.4 Å².